The van der Waals surface area contributed by atoms with E-state index in [2.05, 4.69) is 16.2 Å². The molecule has 4 nitrogen and oxygen atoms in total. The third-order valence-corrected chi connectivity index (χ3v) is 2.78. The summed E-state index contributed by atoms with van der Waals surface area (Å²) in [6, 6.07) is 15.0. The molecule has 2 heterocycles. The standard InChI is InChI=1S/C15H9N3O/c16-9-11-4-3-5-12(8-11)15-13(10-19-18-15)14-6-1-2-7-17-14/h1-8,10H. The van der Waals surface area contributed by atoms with Gasteiger partial charge in [0.05, 0.1) is 22.9 Å². The summed E-state index contributed by atoms with van der Waals surface area (Å²) in [4.78, 5) is 4.28. The molecule has 0 amide bonds. The Bertz CT molecular complexity index is 741. The fraction of sp³-hybridized carbons (Fsp3) is 0. The molecular weight excluding hydrogens is 238 g/mol. The molecule has 0 N–H and O–H groups in total. The molecule has 90 valence electrons. The van der Waals surface area contributed by atoms with Gasteiger partial charge in [0.2, 0.25) is 0 Å². The van der Waals surface area contributed by atoms with Crippen LogP contribution < -0.4 is 0 Å². The van der Waals surface area contributed by atoms with Gasteiger partial charge in [0.1, 0.15) is 12.0 Å². The Hall–Kier alpha value is -2.93. The zero-order chi connectivity index (χ0) is 13.1. The molecule has 4 heteroatoms. The largest absolute Gasteiger partial charge is 0.363 e. The molecule has 0 aliphatic heterocycles. The molecule has 1 aromatic carbocycles. The second kappa shape index (κ2) is 4.75. The van der Waals surface area contributed by atoms with Crippen LogP contribution in [0.3, 0.4) is 0 Å². The average molecular weight is 247 g/mol. The Labute approximate surface area is 109 Å². The highest BCUT2D eigenvalue weighted by molar-refractivity contribution is 5.78. The Balaban J connectivity index is 2.13. The Kier molecular flexibility index (Phi) is 2.79. The van der Waals surface area contributed by atoms with Crippen LogP contribution >= 0.6 is 0 Å². The van der Waals surface area contributed by atoms with E-state index in [9.17, 15) is 0 Å². The van der Waals surface area contributed by atoms with Crippen molar-refractivity contribution in [2.75, 3.05) is 0 Å². The summed E-state index contributed by atoms with van der Waals surface area (Å²) >= 11 is 0. The van der Waals surface area contributed by atoms with Crippen LogP contribution in [0.2, 0.25) is 0 Å². The number of nitriles is 1. The first-order valence-corrected chi connectivity index (χ1v) is 5.75. The van der Waals surface area contributed by atoms with Crippen LogP contribution in [-0.4, -0.2) is 10.1 Å². The molecule has 3 rings (SSSR count). The summed E-state index contributed by atoms with van der Waals surface area (Å²) in [5.74, 6) is 0. The smallest absolute Gasteiger partial charge is 0.133 e. The number of hydrogen-bond acceptors (Lipinski definition) is 4. The van der Waals surface area contributed by atoms with Crippen LogP contribution in [0.25, 0.3) is 22.5 Å². The van der Waals surface area contributed by atoms with E-state index in [-0.39, 0.29) is 0 Å². The minimum atomic E-state index is 0.590. The van der Waals surface area contributed by atoms with Crippen molar-refractivity contribution < 1.29 is 4.52 Å². The zero-order valence-electron chi connectivity index (χ0n) is 9.95. The summed E-state index contributed by atoms with van der Waals surface area (Å²) in [5.41, 5.74) is 3.73. The van der Waals surface area contributed by atoms with E-state index in [0.29, 0.717) is 11.3 Å². The van der Waals surface area contributed by atoms with Gasteiger partial charge in [-0.15, -0.1) is 0 Å². The predicted molar refractivity (Wildman–Crippen MR) is 69.9 cm³/mol. The average Bonchev–Trinajstić information content (AvgIpc) is 2.98. The van der Waals surface area contributed by atoms with Crippen molar-refractivity contribution in [2.24, 2.45) is 0 Å². The van der Waals surface area contributed by atoms with Gasteiger partial charge in [-0.05, 0) is 24.3 Å². The van der Waals surface area contributed by atoms with Gasteiger partial charge in [0.25, 0.3) is 0 Å². The van der Waals surface area contributed by atoms with Crippen LogP contribution in [0, 0.1) is 11.3 Å². The van der Waals surface area contributed by atoms with Gasteiger partial charge < -0.3 is 4.52 Å². The van der Waals surface area contributed by atoms with E-state index in [1.807, 2.05) is 30.3 Å². The highest BCUT2D eigenvalue weighted by Gasteiger charge is 2.13. The number of pyridine rings is 1. The lowest BCUT2D eigenvalue weighted by atomic mass is 10.0. The zero-order valence-corrected chi connectivity index (χ0v) is 9.95. The fourth-order valence-electron chi connectivity index (χ4n) is 1.88. The van der Waals surface area contributed by atoms with E-state index < -0.39 is 0 Å². The third kappa shape index (κ3) is 2.09. The SMILES string of the molecule is N#Cc1cccc(-c2nocc2-c2ccccn2)c1. The molecule has 0 unspecified atom stereocenters. The van der Waals surface area contributed by atoms with E-state index in [4.69, 9.17) is 9.78 Å². The van der Waals surface area contributed by atoms with Gasteiger partial charge in [0.15, 0.2) is 0 Å². The van der Waals surface area contributed by atoms with Gasteiger partial charge >= 0.3 is 0 Å². The van der Waals surface area contributed by atoms with E-state index in [0.717, 1.165) is 16.8 Å². The first-order valence-electron chi connectivity index (χ1n) is 5.75. The van der Waals surface area contributed by atoms with E-state index >= 15 is 0 Å². The molecule has 0 atom stereocenters. The van der Waals surface area contributed by atoms with Crippen LogP contribution in [0.1, 0.15) is 5.56 Å². The Morgan fingerprint density at radius 2 is 2.05 bits per heavy atom. The van der Waals surface area contributed by atoms with Gasteiger partial charge in [-0.1, -0.05) is 23.4 Å². The van der Waals surface area contributed by atoms with Crippen LogP contribution in [-0.2, 0) is 0 Å². The fourth-order valence-corrected chi connectivity index (χ4v) is 1.88. The summed E-state index contributed by atoms with van der Waals surface area (Å²) in [7, 11) is 0. The van der Waals surface area contributed by atoms with Crippen molar-refractivity contribution >= 4 is 0 Å². The minimum absolute atomic E-state index is 0.590. The summed E-state index contributed by atoms with van der Waals surface area (Å²) in [6.45, 7) is 0. The Morgan fingerprint density at radius 1 is 1.11 bits per heavy atom. The number of rotatable bonds is 2. The maximum atomic E-state index is 8.94. The quantitative estimate of drug-likeness (QED) is 0.697. The molecule has 0 fully saturated rings. The first kappa shape index (κ1) is 11.2. The number of aromatic nitrogens is 2. The predicted octanol–water partition coefficient (Wildman–Crippen LogP) is 3.28. The van der Waals surface area contributed by atoms with Crippen molar-refractivity contribution in [3.05, 3.63) is 60.5 Å². The lowest BCUT2D eigenvalue weighted by Crippen LogP contribution is -1.85. The molecule has 0 aliphatic rings. The second-order valence-corrected chi connectivity index (χ2v) is 3.98. The molecule has 0 radical (unpaired) electrons. The summed E-state index contributed by atoms with van der Waals surface area (Å²) in [6.07, 6.45) is 3.29. The lowest BCUT2D eigenvalue weighted by Gasteiger charge is -2.01. The van der Waals surface area contributed by atoms with Gasteiger partial charge in [-0.2, -0.15) is 5.26 Å². The number of benzene rings is 1. The second-order valence-electron chi connectivity index (χ2n) is 3.98. The number of nitrogens with zero attached hydrogens (tertiary/aromatic N) is 3. The summed E-state index contributed by atoms with van der Waals surface area (Å²) in [5, 5.41) is 13.0. The third-order valence-electron chi connectivity index (χ3n) is 2.78. The van der Waals surface area contributed by atoms with Crippen molar-refractivity contribution in [1.29, 1.82) is 5.26 Å². The van der Waals surface area contributed by atoms with Crippen molar-refractivity contribution in [3.63, 3.8) is 0 Å². The molecule has 0 saturated heterocycles. The van der Waals surface area contributed by atoms with Crippen LogP contribution in [0.5, 0.6) is 0 Å². The molecule has 0 bridgehead atoms. The van der Waals surface area contributed by atoms with Crippen LogP contribution in [0.15, 0.2) is 59.4 Å². The molecule has 0 aliphatic carbocycles. The monoisotopic (exact) mass is 247 g/mol. The summed E-state index contributed by atoms with van der Waals surface area (Å²) < 4.78 is 5.06. The maximum absolute atomic E-state index is 8.94. The molecular formula is C15H9N3O. The molecule has 2 aromatic heterocycles. The number of hydrogen-bond donors (Lipinski definition) is 0. The lowest BCUT2D eigenvalue weighted by molar-refractivity contribution is 0.422. The topological polar surface area (TPSA) is 62.7 Å². The van der Waals surface area contributed by atoms with Crippen molar-refractivity contribution in [3.8, 4) is 28.6 Å². The van der Waals surface area contributed by atoms with Crippen LogP contribution in [0.4, 0.5) is 0 Å². The molecule has 0 saturated carbocycles. The highest BCUT2D eigenvalue weighted by Crippen LogP contribution is 2.29. The van der Waals surface area contributed by atoms with Crippen molar-refractivity contribution in [1.82, 2.24) is 10.1 Å². The first-order chi connectivity index (χ1) is 9.38. The van der Waals surface area contributed by atoms with Gasteiger partial charge in [0, 0.05) is 11.8 Å². The Morgan fingerprint density at radius 3 is 2.84 bits per heavy atom. The molecule has 0 spiro atoms. The van der Waals surface area contributed by atoms with Crippen molar-refractivity contribution in [2.45, 2.75) is 0 Å². The highest BCUT2D eigenvalue weighted by atomic mass is 16.5. The molecule has 3 aromatic rings. The maximum Gasteiger partial charge on any atom is 0.133 e. The van der Waals surface area contributed by atoms with Gasteiger partial charge in [-0.3, -0.25) is 4.98 Å². The minimum Gasteiger partial charge on any atom is -0.363 e. The van der Waals surface area contributed by atoms with E-state index in [1.54, 1.807) is 24.6 Å². The van der Waals surface area contributed by atoms with Gasteiger partial charge in [-0.25, -0.2) is 0 Å². The van der Waals surface area contributed by atoms with E-state index in [1.165, 1.54) is 0 Å². The molecule has 19 heavy (non-hydrogen) atoms. The normalized spacial score (nSPS) is 10.1.